The van der Waals surface area contributed by atoms with Gasteiger partial charge in [0.25, 0.3) is 0 Å². The van der Waals surface area contributed by atoms with Gasteiger partial charge in [0.15, 0.2) is 0 Å². The van der Waals surface area contributed by atoms with Crippen LogP contribution in [0.25, 0.3) is 0 Å². The highest BCUT2D eigenvalue weighted by molar-refractivity contribution is 7.90. The Morgan fingerprint density at radius 3 is 2.00 bits per heavy atom. The fourth-order valence-electron chi connectivity index (χ4n) is 0.776. The average molecular weight is 249 g/mol. The Kier molecular flexibility index (Phi) is 5.29. The van der Waals surface area contributed by atoms with E-state index in [1.54, 1.807) is 27.7 Å². The molecule has 0 aromatic carbocycles. The molecule has 2 unspecified atom stereocenters. The molecule has 0 saturated carbocycles. The normalized spacial score (nSPS) is 16.8. The van der Waals surface area contributed by atoms with Crippen molar-refractivity contribution in [2.75, 3.05) is 0 Å². The molecule has 0 aromatic heterocycles. The molecule has 1 N–H and O–H groups in total. The van der Waals surface area contributed by atoms with Crippen LogP contribution in [-0.2, 0) is 20.9 Å². The third-order valence-corrected chi connectivity index (χ3v) is 3.28. The number of hydrogen-bond donors (Lipinski definition) is 1. The molecule has 0 heterocycles. The number of hydrogen-bond acceptors (Lipinski definition) is 4. The number of nitrogens with one attached hydrogen (secondary N) is 1. The largest absolute Gasteiger partial charge is 0.598 e. The minimum Gasteiger partial charge on any atom is -0.598 e. The summed E-state index contributed by atoms with van der Waals surface area (Å²) in [4.78, 5) is 11.6. The zero-order valence-electron chi connectivity index (χ0n) is 11.2. The van der Waals surface area contributed by atoms with E-state index in [4.69, 9.17) is 4.74 Å². The number of rotatable bonds is 3. The van der Waals surface area contributed by atoms with Gasteiger partial charge < -0.3 is 9.29 Å². The lowest BCUT2D eigenvalue weighted by molar-refractivity contribution is -0.156. The molecule has 0 spiro atoms. The fourth-order valence-corrected chi connectivity index (χ4v) is 1.55. The van der Waals surface area contributed by atoms with Crippen molar-refractivity contribution in [3.05, 3.63) is 0 Å². The molecule has 0 aliphatic carbocycles. The number of carbonyl (C=O) groups is 1. The van der Waals surface area contributed by atoms with Gasteiger partial charge in [0.05, 0.1) is 0 Å². The quantitative estimate of drug-likeness (QED) is 0.611. The SMILES string of the molecule is CC(N[S+]([O-])C(C)(C)C)C(=O)OC(C)(C)C. The molecule has 0 aromatic rings. The highest BCUT2D eigenvalue weighted by Gasteiger charge is 2.31. The summed E-state index contributed by atoms with van der Waals surface area (Å²) in [6.45, 7) is 12.6. The lowest BCUT2D eigenvalue weighted by atomic mass is 10.2. The molecule has 0 rings (SSSR count). The summed E-state index contributed by atoms with van der Waals surface area (Å²) in [6, 6.07) is -0.570. The molecule has 5 heteroatoms. The van der Waals surface area contributed by atoms with E-state index in [1.807, 2.05) is 20.8 Å². The first-order valence-electron chi connectivity index (χ1n) is 5.34. The van der Waals surface area contributed by atoms with E-state index in [9.17, 15) is 9.35 Å². The van der Waals surface area contributed by atoms with E-state index in [2.05, 4.69) is 4.72 Å². The minimum atomic E-state index is -1.27. The molecule has 16 heavy (non-hydrogen) atoms. The molecule has 0 aliphatic heterocycles. The van der Waals surface area contributed by atoms with E-state index in [0.717, 1.165) is 0 Å². The maximum atomic E-state index is 11.7. The maximum Gasteiger partial charge on any atom is 0.327 e. The average Bonchev–Trinajstić information content (AvgIpc) is 1.98. The van der Waals surface area contributed by atoms with Crippen molar-refractivity contribution < 1.29 is 14.1 Å². The van der Waals surface area contributed by atoms with E-state index in [0.29, 0.717) is 0 Å². The highest BCUT2D eigenvalue weighted by atomic mass is 32.2. The van der Waals surface area contributed by atoms with Crippen molar-refractivity contribution in [3.8, 4) is 0 Å². The Balaban J connectivity index is 4.27. The van der Waals surface area contributed by atoms with Crippen LogP contribution in [0.15, 0.2) is 0 Å². The van der Waals surface area contributed by atoms with Gasteiger partial charge >= 0.3 is 5.97 Å². The van der Waals surface area contributed by atoms with Crippen LogP contribution in [0.1, 0.15) is 48.5 Å². The van der Waals surface area contributed by atoms with E-state index in [-0.39, 0.29) is 5.97 Å². The summed E-state index contributed by atoms with van der Waals surface area (Å²) in [6.07, 6.45) is 0. The van der Waals surface area contributed by atoms with Gasteiger partial charge in [-0.2, -0.15) is 0 Å². The minimum absolute atomic E-state index is 0.384. The number of ether oxygens (including phenoxy) is 1. The smallest absolute Gasteiger partial charge is 0.327 e. The Bertz CT molecular complexity index is 243. The van der Waals surface area contributed by atoms with Gasteiger partial charge in [0.1, 0.15) is 16.4 Å². The second kappa shape index (κ2) is 5.38. The Hall–Kier alpha value is -0.260. The summed E-state index contributed by atoms with van der Waals surface area (Å²) in [7, 11) is 0. The van der Waals surface area contributed by atoms with Crippen molar-refractivity contribution in [1.82, 2.24) is 4.72 Å². The summed E-state index contributed by atoms with van der Waals surface area (Å²) in [5, 5.41) is 0. The molecule has 2 atom stereocenters. The zero-order chi connectivity index (χ0) is 13.1. The van der Waals surface area contributed by atoms with Gasteiger partial charge in [-0.3, -0.25) is 4.79 Å². The summed E-state index contributed by atoms with van der Waals surface area (Å²) >= 11 is -1.27. The summed E-state index contributed by atoms with van der Waals surface area (Å²) < 4.78 is 19.3. The topological polar surface area (TPSA) is 61.4 Å². The summed E-state index contributed by atoms with van der Waals surface area (Å²) in [5.41, 5.74) is -0.518. The Morgan fingerprint density at radius 1 is 1.25 bits per heavy atom. The predicted octanol–water partition coefficient (Wildman–Crippen LogP) is 1.77. The molecule has 4 nitrogen and oxygen atoms in total. The van der Waals surface area contributed by atoms with Gasteiger partial charge in [-0.05, 0) is 48.5 Å². The molecule has 0 radical (unpaired) electrons. The monoisotopic (exact) mass is 249 g/mol. The lowest BCUT2D eigenvalue weighted by Gasteiger charge is -2.27. The Labute approximate surface area is 101 Å². The van der Waals surface area contributed by atoms with Gasteiger partial charge in [-0.15, -0.1) is 4.72 Å². The van der Waals surface area contributed by atoms with Crippen LogP contribution in [0.5, 0.6) is 0 Å². The van der Waals surface area contributed by atoms with Gasteiger partial charge in [-0.1, -0.05) is 0 Å². The van der Waals surface area contributed by atoms with Crippen molar-refractivity contribution in [1.29, 1.82) is 0 Å². The van der Waals surface area contributed by atoms with Crippen molar-refractivity contribution in [2.24, 2.45) is 0 Å². The van der Waals surface area contributed by atoms with Crippen LogP contribution in [0.4, 0.5) is 0 Å². The highest BCUT2D eigenvalue weighted by Crippen LogP contribution is 2.15. The first-order chi connectivity index (χ1) is 6.93. The van der Waals surface area contributed by atoms with Gasteiger partial charge in [-0.25, -0.2) is 0 Å². The molecular formula is C11H23NO3S. The molecule has 0 aliphatic rings. The molecule has 96 valence electrons. The van der Waals surface area contributed by atoms with E-state index in [1.165, 1.54) is 0 Å². The van der Waals surface area contributed by atoms with E-state index < -0.39 is 27.8 Å². The third-order valence-electron chi connectivity index (χ3n) is 1.60. The first kappa shape index (κ1) is 15.7. The van der Waals surface area contributed by atoms with Crippen LogP contribution in [0.3, 0.4) is 0 Å². The van der Waals surface area contributed by atoms with Crippen LogP contribution >= 0.6 is 0 Å². The predicted molar refractivity (Wildman–Crippen MR) is 66.3 cm³/mol. The maximum absolute atomic E-state index is 11.7. The molecular weight excluding hydrogens is 226 g/mol. The van der Waals surface area contributed by atoms with Gasteiger partial charge in [0, 0.05) is 11.4 Å². The van der Waals surface area contributed by atoms with Crippen LogP contribution in [0, 0.1) is 0 Å². The Morgan fingerprint density at radius 2 is 1.69 bits per heavy atom. The summed E-state index contributed by atoms with van der Waals surface area (Å²) in [5.74, 6) is -0.384. The van der Waals surface area contributed by atoms with Gasteiger partial charge in [0.2, 0.25) is 0 Å². The zero-order valence-corrected chi connectivity index (χ0v) is 12.0. The second-order valence-corrected chi connectivity index (χ2v) is 7.75. The van der Waals surface area contributed by atoms with Crippen molar-refractivity contribution >= 4 is 17.3 Å². The second-order valence-electron chi connectivity index (χ2n) is 5.75. The third kappa shape index (κ3) is 6.35. The molecule has 0 amide bonds. The number of esters is 1. The first-order valence-corrected chi connectivity index (χ1v) is 6.49. The standard InChI is InChI=1S/C11H23NO3S/c1-8(9(13)15-10(2,3)4)12-16(14)11(5,6)7/h8,12H,1-7H3. The number of carbonyl (C=O) groups excluding carboxylic acids is 1. The van der Waals surface area contributed by atoms with E-state index >= 15 is 0 Å². The van der Waals surface area contributed by atoms with Crippen molar-refractivity contribution in [3.63, 3.8) is 0 Å². The van der Waals surface area contributed by atoms with Crippen LogP contribution in [0.2, 0.25) is 0 Å². The molecule has 0 bridgehead atoms. The molecule has 0 saturated heterocycles. The molecule has 0 fully saturated rings. The van der Waals surface area contributed by atoms with Crippen molar-refractivity contribution in [2.45, 2.75) is 64.9 Å². The van der Waals surface area contributed by atoms with Crippen LogP contribution in [-0.4, -0.2) is 26.9 Å². The van der Waals surface area contributed by atoms with Crippen LogP contribution < -0.4 is 4.72 Å². The fraction of sp³-hybridized carbons (Fsp3) is 0.909. The lowest BCUT2D eigenvalue weighted by Crippen LogP contribution is -2.48.